The second kappa shape index (κ2) is 7.08. The van der Waals surface area contributed by atoms with Gasteiger partial charge in [0, 0.05) is 6.20 Å². The minimum Gasteiger partial charge on any atom is -0.345 e. The number of nitriles is 1. The Hall–Kier alpha value is -3.65. The van der Waals surface area contributed by atoms with Crippen LogP contribution in [-0.4, -0.2) is 23.9 Å². The predicted molar refractivity (Wildman–Crippen MR) is 103 cm³/mol. The molecule has 26 heavy (non-hydrogen) atoms. The van der Waals surface area contributed by atoms with Crippen molar-refractivity contribution in [1.29, 1.82) is 5.26 Å². The molecule has 0 saturated heterocycles. The van der Waals surface area contributed by atoms with Crippen LogP contribution in [0.2, 0.25) is 0 Å². The molecule has 5 heteroatoms. The molecule has 5 nitrogen and oxygen atoms in total. The van der Waals surface area contributed by atoms with Crippen molar-refractivity contribution in [3.8, 4) is 6.07 Å². The zero-order valence-corrected chi connectivity index (χ0v) is 14.2. The summed E-state index contributed by atoms with van der Waals surface area (Å²) in [6.07, 6.45) is 1.77. The number of nitrogens with zero attached hydrogens (tertiary/aromatic N) is 5. The highest BCUT2D eigenvalue weighted by molar-refractivity contribution is 6.03. The van der Waals surface area contributed by atoms with E-state index in [9.17, 15) is 5.26 Å². The Morgan fingerprint density at radius 1 is 0.885 bits per heavy atom. The number of pyridine rings is 1. The van der Waals surface area contributed by atoms with E-state index in [-0.39, 0.29) is 0 Å². The molecule has 0 saturated carbocycles. The maximum Gasteiger partial charge on any atom is 0.113 e. The van der Waals surface area contributed by atoms with Gasteiger partial charge in [-0.05, 0) is 36.4 Å². The van der Waals surface area contributed by atoms with Gasteiger partial charge in [-0.25, -0.2) is 5.01 Å². The van der Waals surface area contributed by atoms with Crippen LogP contribution in [0, 0.1) is 11.3 Å². The van der Waals surface area contributed by atoms with E-state index in [1.165, 1.54) is 0 Å². The van der Waals surface area contributed by atoms with Gasteiger partial charge in [0.1, 0.15) is 18.4 Å². The fourth-order valence-corrected chi connectivity index (χ4v) is 3.01. The van der Waals surface area contributed by atoms with E-state index >= 15 is 0 Å². The molecule has 4 rings (SSSR count). The molecule has 1 aromatic heterocycles. The number of anilines is 2. The minimum absolute atomic E-state index is 0.568. The Bertz CT molecular complexity index is 960. The maximum atomic E-state index is 9.48. The first-order chi connectivity index (χ1) is 12.8. The number of para-hydroxylation sites is 2. The highest BCUT2D eigenvalue weighted by Crippen LogP contribution is 2.25. The fourth-order valence-electron chi connectivity index (χ4n) is 3.01. The van der Waals surface area contributed by atoms with E-state index in [2.05, 4.69) is 16.0 Å². The van der Waals surface area contributed by atoms with Crippen molar-refractivity contribution in [2.75, 3.05) is 23.1 Å². The van der Waals surface area contributed by atoms with Crippen LogP contribution >= 0.6 is 0 Å². The first kappa shape index (κ1) is 15.9. The van der Waals surface area contributed by atoms with Crippen LogP contribution in [0.4, 0.5) is 11.4 Å². The average Bonchev–Trinajstić information content (AvgIpc) is 2.74. The van der Waals surface area contributed by atoms with Gasteiger partial charge >= 0.3 is 0 Å². The van der Waals surface area contributed by atoms with Crippen molar-refractivity contribution in [1.82, 2.24) is 4.98 Å². The van der Waals surface area contributed by atoms with Gasteiger partial charge < -0.3 is 4.90 Å². The van der Waals surface area contributed by atoms with Crippen LogP contribution in [0.1, 0.15) is 11.3 Å². The Balaban J connectivity index is 1.77. The number of hydrogen-bond acceptors (Lipinski definition) is 5. The van der Waals surface area contributed by atoms with E-state index in [0.717, 1.165) is 22.8 Å². The molecule has 126 valence electrons. The zero-order chi connectivity index (χ0) is 17.8. The van der Waals surface area contributed by atoms with Crippen LogP contribution in [-0.2, 0) is 0 Å². The summed E-state index contributed by atoms with van der Waals surface area (Å²) in [4.78, 5) is 6.61. The van der Waals surface area contributed by atoms with Crippen LogP contribution in [0.5, 0.6) is 0 Å². The largest absolute Gasteiger partial charge is 0.345 e. The molecule has 0 amide bonds. The third kappa shape index (κ3) is 3.13. The zero-order valence-electron chi connectivity index (χ0n) is 14.2. The Labute approximate surface area is 152 Å². The first-order valence-electron chi connectivity index (χ1n) is 8.41. The average molecular weight is 339 g/mol. The second-order valence-corrected chi connectivity index (χ2v) is 5.97. The van der Waals surface area contributed by atoms with E-state index in [1.54, 1.807) is 6.20 Å². The SMILES string of the molecule is N#Cc1ccccc1N1CC(c2ccccn2)=NN(c2ccccc2)C1. The predicted octanol–water partition coefficient (Wildman–Crippen LogP) is 3.64. The van der Waals surface area contributed by atoms with Crippen LogP contribution in [0.15, 0.2) is 84.1 Å². The topological polar surface area (TPSA) is 55.5 Å². The molecule has 1 aliphatic heterocycles. The third-order valence-electron chi connectivity index (χ3n) is 4.27. The van der Waals surface area contributed by atoms with Gasteiger partial charge in [0.15, 0.2) is 0 Å². The van der Waals surface area contributed by atoms with Gasteiger partial charge in [-0.3, -0.25) is 4.98 Å². The van der Waals surface area contributed by atoms with E-state index < -0.39 is 0 Å². The Morgan fingerprint density at radius 2 is 1.65 bits per heavy atom. The van der Waals surface area contributed by atoms with Crippen LogP contribution < -0.4 is 9.91 Å². The number of aromatic nitrogens is 1. The summed E-state index contributed by atoms with van der Waals surface area (Å²) in [5.41, 5.74) is 4.27. The summed E-state index contributed by atoms with van der Waals surface area (Å²) in [7, 11) is 0. The normalized spacial score (nSPS) is 13.9. The van der Waals surface area contributed by atoms with Crippen LogP contribution in [0.3, 0.4) is 0 Å². The molecule has 2 aromatic carbocycles. The maximum absolute atomic E-state index is 9.48. The summed E-state index contributed by atoms with van der Waals surface area (Å²) in [5, 5.41) is 16.2. The van der Waals surface area contributed by atoms with Gasteiger partial charge in [0.25, 0.3) is 0 Å². The van der Waals surface area contributed by atoms with E-state index in [1.807, 2.05) is 77.8 Å². The summed E-state index contributed by atoms with van der Waals surface area (Å²) in [6, 6.07) is 25.8. The van der Waals surface area contributed by atoms with Gasteiger partial charge in [-0.1, -0.05) is 36.4 Å². The molecular formula is C21H17N5. The molecule has 0 atom stereocenters. The fraction of sp³-hybridized carbons (Fsp3) is 0.0952. The molecule has 0 fully saturated rings. The summed E-state index contributed by atoms with van der Waals surface area (Å²) in [5.74, 6) is 0. The lowest BCUT2D eigenvalue weighted by Gasteiger charge is -2.35. The molecule has 1 aliphatic rings. The van der Waals surface area contributed by atoms with Gasteiger partial charge in [-0.15, -0.1) is 0 Å². The van der Waals surface area contributed by atoms with Crippen molar-refractivity contribution >= 4 is 17.1 Å². The van der Waals surface area contributed by atoms with Gasteiger partial charge in [0.2, 0.25) is 0 Å². The minimum atomic E-state index is 0.568. The van der Waals surface area contributed by atoms with Crippen molar-refractivity contribution in [2.45, 2.75) is 0 Å². The monoisotopic (exact) mass is 339 g/mol. The Morgan fingerprint density at radius 3 is 2.42 bits per heavy atom. The first-order valence-corrected chi connectivity index (χ1v) is 8.41. The lowest BCUT2D eigenvalue weighted by atomic mass is 10.1. The van der Waals surface area contributed by atoms with Crippen molar-refractivity contribution < 1.29 is 0 Å². The van der Waals surface area contributed by atoms with Crippen molar-refractivity contribution in [3.05, 3.63) is 90.3 Å². The molecule has 0 spiro atoms. The summed E-state index contributed by atoms with van der Waals surface area (Å²) in [6.45, 7) is 1.16. The molecule has 0 bridgehead atoms. The quantitative estimate of drug-likeness (QED) is 0.731. The lowest BCUT2D eigenvalue weighted by molar-refractivity contribution is 0.755. The third-order valence-corrected chi connectivity index (χ3v) is 4.27. The van der Waals surface area contributed by atoms with Crippen molar-refractivity contribution in [3.63, 3.8) is 0 Å². The highest BCUT2D eigenvalue weighted by atomic mass is 15.5. The van der Waals surface area contributed by atoms with Gasteiger partial charge in [-0.2, -0.15) is 10.4 Å². The number of hydrogen-bond donors (Lipinski definition) is 0. The molecule has 0 unspecified atom stereocenters. The van der Waals surface area contributed by atoms with E-state index in [4.69, 9.17) is 5.10 Å². The lowest BCUT2D eigenvalue weighted by Crippen LogP contribution is -2.45. The number of benzene rings is 2. The molecule has 0 radical (unpaired) electrons. The molecule has 2 heterocycles. The Kier molecular flexibility index (Phi) is 4.31. The highest BCUT2D eigenvalue weighted by Gasteiger charge is 2.24. The standard InChI is InChI=1S/C21H17N5/c22-14-17-8-4-5-12-21(17)25-15-20(19-11-6-7-13-23-19)24-26(16-25)18-9-2-1-3-10-18/h1-13H,15-16H2. The van der Waals surface area contributed by atoms with Gasteiger partial charge in [0.05, 0.1) is 29.2 Å². The number of hydrazone groups is 1. The van der Waals surface area contributed by atoms with Crippen LogP contribution in [0.25, 0.3) is 0 Å². The van der Waals surface area contributed by atoms with E-state index in [0.29, 0.717) is 18.8 Å². The summed E-state index contributed by atoms with van der Waals surface area (Å²) < 4.78 is 0. The summed E-state index contributed by atoms with van der Waals surface area (Å²) >= 11 is 0. The van der Waals surface area contributed by atoms with Crippen molar-refractivity contribution in [2.24, 2.45) is 5.10 Å². The second-order valence-electron chi connectivity index (χ2n) is 5.97. The number of rotatable bonds is 3. The smallest absolute Gasteiger partial charge is 0.113 e. The molecule has 0 N–H and O–H groups in total. The molecular weight excluding hydrogens is 322 g/mol. The molecule has 3 aromatic rings. The molecule has 0 aliphatic carbocycles.